The van der Waals surface area contributed by atoms with E-state index in [1.165, 1.54) is 12.7 Å². The van der Waals surface area contributed by atoms with E-state index in [1.54, 1.807) is 0 Å². The van der Waals surface area contributed by atoms with Crippen molar-refractivity contribution in [2.24, 2.45) is 0 Å². The standard InChI is InChI=1S/C19H21N3O2/c1-14(15-8-4-3-5-9-15)22-17-11-7-6-10-16(17)21-18(22)12-20-19(23)13-24-2/h3-11,14H,12-13H2,1-2H3,(H,20,23). The maximum absolute atomic E-state index is 11.7. The lowest BCUT2D eigenvalue weighted by Gasteiger charge is -2.18. The molecule has 0 aliphatic heterocycles. The minimum Gasteiger partial charge on any atom is -0.375 e. The number of nitrogens with one attached hydrogen (secondary N) is 1. The number of methoxy groups -OCH3 is 1. The average molecular weight is 323 g/mol. The van der Waals surface area contributed by atoms with Crippen molar-refractivity contribution in [1.82, 2.24) is 14.9 Å². The number of carbonyl (C=O) groups is 1. The van der Waals surface area contributed by atoms with Crippen LogP contribution in [-0.4, -0.2) is 29.2 Å². The SMILES string of the molecule is COCC(=O)NCc1nc2ccccc2n1C(C)c1ccccc1. The number of ether oxygens (including phenoxy) is 1. The summed E-state index contributed by atoms with van der Waals surface area (Å²) in [4.78, 5) is 16.4. The van der Waals surface area contributed by atoms with E-state index < -0.39 is 0 Å². The Morgan fingerprint density at radius 3 is 2.62 bits per heavy atom. The van der Waals surface area contributed by atoms with Gasteiger partial charge in [-0.1, -0.05) is 42.5 Å². The zero-order chi connectivity index (χ0) is 16.9. The molecule has 124 valence electrons. The van der Waals surface area contributed by atoms with Crippen molar-refractivity contribution in [1.29, 1.82) is 0 Å². The molecule has 2 aromatic carbocycles. The van der Waals surface area contributed by atoms with Crippen LogP contribution >= 0.6 is 0 Å². The van der Waals surface area contributed by atoms with Crippen LogP contribution in [0.25, 0.3) is 11.0 Å². The highest BCUT2D eigenvalue weighted by Gasteiger charge is 2.17. The van der Waals surface area contributed by atoms with Crippen LogP contribution in [0.15, 0.2) is 54.6 Å². The highest BCUT2D eigenvalue weighted by atomic mass is 16.5. The fraction of sp³-hybridized carbons (Fsp3) is 0.263. The van der Waals surface area contributed by atoms with Crippen LogP contribution in [0.3, 0.4) is 0 Å². The molecule has 0 fully saturated rings. The van der Waals surface area contributed by atoms with Crippen molar-refractivity contribution in [2.75, 3.05) is 13.7 Å². The third-order valence-electron chi connectivity index (χ3n) is 4.06. The second kappa shape index (κ2) is 7.27. The van der Waals surface area contributed by atoms with E-state index in [4.69, 9.17) is 9.72 Å². The molecule has 0 saturated carbocycles. The van der Waals surface area contributed by atoms with Crippen LogP contribution in [-0.2, 0) is 16.1 Å². The van der Waals surface area contributed by atoms with Gasteiger partial charge in [0, 0.05) is 7.11 Å². The smallest absolute Gasteiger partial charge is 0.246 e. The number of aromatic nitrogens is 2. The van der Waals surface area contributed by atoms with Crippen LogP contribution in [0.2, 0.25) is 0 Å². The normalized spacial score (nSPS) is 12.2. The first kappa shape index (κ1) is 16.2. The molecule has 1 atom stereocenters. The molecule has 0 bridgehead atoms. The molecule has 0 aliphatic carbocycles. The van der Waals surface area contributed by atoms with E-state index in [9.17, 15) is 4.79 Å². The van der Waals surface area contributed by atoms with E-state index in [-0.39, 0.29) is 18.6 Å². The number of rotatable bonds is 6. The van der Waals surface area contributed by atoms with Gasteiger partial charge in [-0.15, -0.1) is 0 Å². The van der Waals surface area contributed by atoms with Gasteiger partial charge < -0.3 is 14.6 Å². The Bertz CT molecular complexity index is 827. The molecule has 0 radical (unpaired) electrons. The number of nitrogens with zero attached hydrogens (tertiary/aromatic N) is 2. The third kappa shape index (κ3) is 3.31. The van der Waals surface area contributed by atoms with Crippen molar-refractivity contribution >= 4 is 16.9 Å². The van der Waals surface area contributed by atoms with Crippen molar-refractivity contribution < 1.29 is 9.53 Å². The van der Waals surface area contributed by atoms with Gasteiger partial charge >= 0.3 is 0 Å². The predicted molar refractivity (Wildman–Crippen MR) is 93.7 cm³/mol. The monoisotopic (exact) mass is 323 g/mol. The highest BCUT2D eigenvalue weighted by Crippen LogP contribution is 2.25. The largest absolute Gasteiger partial charge is 0.375 e. The van der Waals surface area contributed by atoms with Gasteiger partial charge in [0.15, 0.2) is 0 Å². The van der Waals surface area contributed by atoms with Crippen molar-refractivity contribution in [2.45, 2.75) is 19.5 Å². The van der Waals surface area contributed by atoms with E-state index in [0.717, 1.165) is 16.9 Å². The van der Waals surface area contributed by atoms with Crippen LogP contribution in [0.4, 0.5) is 0 Å². The zero-order valence-corrected chi connectivity index (χ0v) is 13.9. The summed E-state index contributed by atoms with van der Waals surface area (Å²) in [5.41, 5.74) is 3.19. The Morgan fingerprint density at radius 2 is 1.88 bits per heavy atom. The summed E-state index contributed by atoms with van der Waals surface area (Å²) in [6.45, 7) is 2.56. The van der Waals surface area contributed by atoms with Crippen LogP contribution in [0, 0.1) is 0 Å². The number of fused-ring (bicyclic) bond motifs is 1. The molecule has 0 spiro atoms. The second-order valence-electron chi connectivity index (χ2n) is 5.68. The van der Waals surface area contributed by atoms with Gasteiger partial charge in [-0.2, -0.15) is 0 Å². The summed E-state index contributed by atoms with van der Waals surface area (Å²) < 4.78 is 7.04. The van der Waals surface area contributed by atoms with E-state index in [2.05, 4.69) is 35.0 Å². The molecule has 24 heavy (non-hydrogen) atoms. The molecule has 5 nitrogen and oxygen atoms in total. The van der Waals surface area contributed by atoms with Crippen molar-refractivity contribution in [3.05, 3.63) is 66.0 Å². The Morgan fingerprint density at radius 1 is 1.17 bits per heavy atom. The molecular formula is C19H21N3O2. The number of hydrogen-bond acceptors (Lipinski definition) is 3. The Labute approximate surface area is 141 Å². The van der Waals surface area contributed by atoms with E-state index in [0.29, 0.717) is 6.54 Å². The number of benzene rings is 2. The summed E-state index contributed by atoms with van der Waals surface area (Å²) >= 11 is 0. The zero-order valence-electron chi connectivity index (χ0n) is 13.9. The first-order chi connectivity index (χ1) is 11.7. The van der Waals surface area contributed by atoms with Gasteiger partial charge in [-0.05, 0) is 24.6 Å². The maximum atomic E-state index is 11.7. The topological polar surface area (TPSA) is 56.1 Å². The summed E-state index contributed by atoms with van der Waals surface area (Å²) in [7, 11) is 1.51. The predicted octanol–water partition coefficient (Wildman–Crippen LogP) is 2.91. The average Bonchev–Trinajstić information content (AvgIpc) is 2.99. The molecule has 1 heterocycles. The fourth-order valence-electron chi connectivity index (χ4n) is 2.89. The first-order valence-corrected chi connectivity index (χ1v) is 7.97. The number of para-hydroxylation sites is 2. The van der Waals surface area contributed by atoms with E-state index >= 15 is 0 Å². The molecular weight excluding hydrogens is 302 g/mol. The molecule has 3 aromatic rings. The van der Waals surface area contributed by atoms with Crippen LogP contribution < -0.4 is 5.32 Å². The Kier molecular flexibility index (Phi) is 4.91. The number of imidazole rings is 1. The molecule has 5 heteroatoms. The van der Waals surface area contributed by atoms with E-state index in [1.807, 2.05) is 36.4 Å². The van der Waals surface area contributed by atoms with Gasteiger partial charge in [0.05, 0.1) is 23.6 Å². The molecule has 3 rings (SSSR count). The number of amides is 1. The minimum atomic E-state index is -0.150. The van der Waals surface area contributed by atoms with Gasteiger partial charge in [-0.3, -0.25) is 4.79 Å². The molecule has 1 N–H and O–H groups in total. The molecule has 1 unspecified atom stereocenters. The minimum absolute atomic E-state index is 0.0501. The summed E-state index contributed by atoms with van der Waals surface area (Å²) in [6, 6.07) is 18.4. The second-order valence-corrected chi connectivity index (χ2v) is 5.68. The maximum Gasteiger partial charge on any atom is 0.246 e. The van der Waals surface area contributed by atoms with Gasteiger partial charge in [0.2, 0.25) is 5.91 Å². The summed E-state index contributed by atoms with van der Waals surface area (Å²) in [5.74, 6) is 0.681. The molecule has 1 aromatic heterocycles. The Balaban J connectivity index is 1.97. The lowest BCUT2D eigenvalue weighted by atomic mass is 10.1. The molecule has 0 aliphatic rings. The third-order valence-corrected chi connectivity index (χ3v) is 4.06. The summed E-state index contributed by atoms with van der Waals surface area (Å²) in [6.07, 6.45) is 0. The van der Waals surface area contributed by atoms with Crippen LogP contribution in [0.1, 0.15) is 24.4 Å². The lowest BCUT2D eigenvalue weighted by Crippen LogP contribution is -2.28. The lowest BCUT2D eigenvalue weighted by molar-refractivity contribution is -0.124. The number of hydrogen-bond donors (Lipinski definition) is 1. The highest BCUT2D eigenvalue weighted by molar-refractivity contribution is 5.78. The first-order valence-electron chi connectivity index (χ1n) is 7.97. The van der Waals surface area contributed by atoms with Crippen molar-refractivity contribution in [3.63, 3.8) is 0 Å². The van der Waals surface area contributed by atoms with Gasteiger partial charge in [0.1, 0.15) is 12.4 Å². The molecule has 0 saturated heterocycles. The van der Waals surface area contributed by atoms with Gasteiger partial charge in [-0.25, -0.2) is 4.98 Å². The van der Waals surface area contributed by atoms with Crippen LogP contribution in [0.5, 0.6) is 0 Å². The molecule has 1 amide bonds. The summed E-state index contributed by atoms with van der Waals surface area (Å²) in [5, 5.41) is 2.86. The quantitative estimate of drug-likeness (QED) is 0.759. The number of carbonyl (C=O) groups excluding carboxylic acids is 1. The fourth-order valence-corrected chi connectivity index (χ4v) is 2.89. The van der Waals surface area contributed by atoms with Gasteiger partial charge in [0.25, 0.3) is 0 Å². The van der Waals surface area contributed by atoms with Crippen molar-refractivity contribution in [3.8, 4) is 0 Å². The Hall–Kier alpha value is -2.66.